The molecule has 0 radical (unpaired) electrons. The van der Waals surface area contributed by atoms with Crippen LogP contribution in [0.3, 0.4) is 0 Å². The topological polar surface area (TPSA) is 61.0 Å². The highest BCUT2D eigenvalue weighted by Crippen LogP contribution is 2.40. The molecule has 0 saturated heterocycles. The summed E-state index contributed by atoms with van der Waals surface area (Å²) in [7, 11) is 0. The van der Waals surface area contributed by atoms with Gasteiger partial charge in [0.1, 0.15) is 16.6 Å². The molecule has 0 spiro atoms. The first-order valence-corrected chi connectivity index (χ1v) is 8.43. The van der Waals surface area contributed by atoms with Crippen molar-refractivity contribution in [2.75, 3.05) is 5.73 Å². The van der Waals surface area contributed by atoms with Crippen molar-refractivity contribution in [1.29, 1.82) is 0 Å². The van der Waals surface area contributed by atoms with Crippen LogP contribution in [0.25, 0.3) is 22.0 Å². The summed E-state index contributed by atoms with van der Waals surface area (Å²) in [5.41, 5.74) is 7.58. The van der Waals surface area contributed by atoms with E-state index in [4.69, 9.17) is 22.1 Å². The predicted molar refractivity (Wildman–Crippen MR) is 98.8 cm³/mol. The molecule has 0 aliphatic heterocycles. The number of hydrogen-bond donors (Lipinski definition) is 1. The molecule has 0 aliphatic rings. The van der Waals surface area contributed by atoms with Gasteiger partial charge in [0.2, 0.25) is 5.06 Å². The van der Waals surface area contributed by atoms with Crippen LogP contribution in [0.5, 0.6) is 10.8 Å². The average Bonchev–Trinajstić information content (AvgIpc) is 2.95. The minimum atomic E-state index is 0.372. The largest absolute Gasteiger partial charge is 0.444 e. The third kappa shape index (κ3) is 2.91. The highest BCUT2D eigenvalue weighted by atomic mass is 35.5. The molecule has 0 atom stereocenters. The summed E-state index contributed by atoms with van der Waals surface area (Å²) in [6, 6.07) is 17.7. The third-order valence-electron chi connectivity index (χ3n) is 3.54. The number of thiazole rings is 1. The van der Waals surface area contributed by atoms with Crippen LogP contribution in [0.2, 0.25) is 5.15 Å². The summed E-state index contributed by atoms with van der Waals surface area (Å²) in [4.78, 5) is 8.38. The zero-order valence-electron chi connectivity index (χ0n) is 12.4. The molecule has 4 aromatic rings. The molecule has 0 bridgehead atoms. The van der Waals surface area contributed by atoms with E-state index in [-0.39, 0.29) is 0 Å². The molecule has 4 nitrogen and oxygen atoms in total. The molecule has 6 heteroatoms. The summed E-state index contributed by atoms with van der Waals surface area (Å²) in [6.45, 7) is 0. The van der Waals surface area contributed by atoms with Gasteiger partial charge < -0.3 is 10.5 Å². The highest BCUT2D eigenvalue weighted by molar-refractivity contribution is 7.17. The number of nitrogens with zero attached hydrogens (tertiary/aromatic N) is 2. The van der Waals surface area contributed by atoms with E-state index in [2.05, 4.69) is 34.2 Å². The number of aromatic nitrogens is 2. The van der Waals surface area contributed by atoms with Crippen LogP contribution < -0.4 is 10.5 Å². The zero-order chi connectivity index (χ0) is 16.5. The van der Waals surface area contributed by atoms with Gasteiger partial charge in [-0.05, 0) is 22.9 Å². The fourth-order valence-electron chi connectivity index (χ4n) is 2.47. The number of ether oxygens (including phenoxy) is 1. The Kier molecular flexibility index (Phi) is 3.80. The van der Waals surface area contributed by atoms with Gasteiger partial charge in [-0.1, -0.05) is 59.3 Å². The molecule has 0 saturated carbocycles. The van der Waals surface area contributed by atoms with Crippen LogP contribution in [0.15, 0.2) is 60.8 Å². The Labute approximate surface area is 147 Å². The minimum Gasteiger partial charge on any atom is -0.444 e. The Morgan fingerprint density at radius 3 is 2.67 bits per heavy atom. The lowest BCUT2D eigenvalue weighted by molar-refractivity contribution is 0.496. The van der Waals surface area contributed by atoms with Crippen molar-refractivity contribution in [2.45, 2.75) is 0 Å². The molecule has 2 aromatic carbocycles. The van der Waals surface area contributed by atoms with E-state index >= 15 is 0 Å². The monoisotopic (exact) mass is 353 g/mol. The second kappa shape index (κ2) is 6.11. The van der Waals surface area contributed by atoms with Crippen molar-refractivity contribution in [2.24, 2.45) is 0 Å². The molecule has 2 N–H and O–H groups in total. The van der Waals surface area contributed by atoms with E-state index < -0.39 is 0 Å². The van der Waals surface area contributed by atoms with Gasteiger partial charge in [0.05, 0.1) is 0 Å². The molecule has 118 valence electrons. The number of halogens is 1. The molecule has 0 unspecified atom stereocenters. The van der Waals surface area contributed by atoms with Crippen LogP contribution in [-0.4, -0.2) is 9.97 Å². The number of rotatable bonds is 3. The molecular weight excluding hydrogens is 342 g/mol. The van der Waals surface area contributed by atoms with Gasteiger partial charge in [0, 0.05) is 17.8 Å². The lowest BCUT2D eigenvalue weighted by Crippen LogP contribution is -1.87. The van der Waals surface area contributed by atoms with Crippen LogP contribution in [-0.2, 0) is 0 Å². The van der Waals surface area contributed by atoms with Gasteiger partial charge in [-0.15, -0.1) is 0 Å². The fraction of sp³-hybridized carbons (Fsp3) is 0. The first-order chi connectivity index (χ1) is 11.7. The Hall–Kier alpha value is -2.63. The van der Waals surface area contributed by atoms with Gasteiger partial charge in [-0.25, -0.2) is 9.97 Å². The average molecular weight is 354 g/mol. The number of pyridine rings is 1. The molecule has 2 aromatic heterocycles. The third-order valence-corrected chi connectivity index (χ3v) is 4.51. The van der Waals surface area contributed by atoms with E-state index in [0.717, 1.165) is 16.6 Å². The summed E-state index contributed by atoms with van der Waals surface area (Å²) in [5.74, 6) is 0.598. The van der Waals surface area contributed by atoms with Crippen LogP contribution >= 0.6 is 22.9 Å². The summed E-state index contributed by atoms with van der Waals surface area (Å²) < 4.78 is 5.93. The maximum atomic E-state index is 5.93. The second-order valence-electron chi connectivity index (χ2n) is 5.17. The van der Waals surface area contributed by atoms with E-state index in [9.17, 15) is 0 Å². The normalized spacial score (nSPS) is 10.9. The Morgan fingerprint density at radius 1 is 1.00 bits per heavy atom. The number of fused-ring (bicyclic) bond motifs is 1. The van der Waals surface area contributed by atoms with Gasteiger partial charge in [-0.3, -0.25) is 0 Å². The van der Waals surface area contributed by atoms with Crippen molar-refractivity contribution in [3.05, 3.63) is 65.9 Å². The Balaban J connectivity index is 1.77. The van der Waals surface area contributed by atoms with Gasteiger partial charge in [-0.2, -0.15) is 0 Å². The number of benzene rings is 2. The fourth-order valence-corrected chi connectivity index (χ4v) is 3.35. The van der Waals surface area contributed by atoms with Crippen molar-refractivity contribution in [3.8, 4) is 22.1 Å². The van der Waals surface area contributed by atoms with Crippen LogP contribution in [0.4, 0.5) is 5.13 Å². The number of nitrogen functional groups attached to an aromatic ring is 1. The lowest BCUT2D eigenvalue weighted by atomic mass is 10.1. The molecule has 2 heterocycles. The lowest BCUT2D eigenvalue weighted by Gasteiger charge is -2.06. The van der Waals surface area contributed by atoms with E-state index in [0.29, 0.717) is 21.1 Å². The molecule has 0 aliphatic carbocycles. The molecule has 0 fully saturated rings. The zero-order valence-corrected chi connectivity index (χ0v) is 14.0. The Bertz CT molecular complexity index is 1030. The van der Waals surface area contributed by atoms with Crippen molar-refractivity contribution in [1.82, 2.24) is 9.97 Å². The second-order valence-corrected chi connectivity index (χ2v) is 6.55. The van der Waals surface area contributed by atoms with Crippen molar-refractivity contribution >= 4 is 38.8 Å². The van der Waals surface area contributed by atoms with E-state index in [1.165, 1.54) is 16.7 Å². The van der Waals surface area contributed by atoms with Gasteiger partial charge >= 0.3 is 0 Å². The highest BCUT2D eigenvalue weighted by Gasteiger charge is 2.15. The SMILES string of the molecule is Nc1nc(-c2ccc3ccccc3c2)c(Oc2ccnc(Cl)c2)s1. The summed E-state index contributed by atoms with van der Waals surface area (Å²) in [6.07, 6.45) is 1.59. The number of hydrogen-bond acceptors (Lipinski definition) is 5. The first kappa shape index (κ1) is 14.9. The Morgan fingerprint density at radius 2 is 1.83 bits per heavy atom. The molecule has 4 rings (SSSR count). The minimum absolute atomic E-state index is 0.372. The molecular formula is C18H12ClN3OS. The summed E-state index contributed by atoms with van der Waals surface area (Å²) in [5, 5.41) is 3.77. The quantitative estimate of drug-likeness (QED) is 0.502. The number of nitrogens with two attached hydrogens (primary N) is 1. The smallest absolute Gasteiger partial charge is 0.210 e. The maximum Gasteiger partial charge on any atom is 0.210 e. The van der Waals surface area contributed by atoms with E-state index in [1.54, 1.807) is 18.3 Å². The van der Waals surface area contributed by atoms with Crippen molar-refractivity contribution < 1.29 is 4.74 Å². The molecule has 0 amide bonds. The van der Waals surface area contributed by atoms with Gasteiger partial charge in [0.25, 0.3) is 0 Å². The van der Waals surface area contributed by atoms with Crippen LogP contribution in [0.1, 0.15) is 0 Å². The molecule has 24 heavy (non-hydrogen) atoms. The van der Waals surface area contributed by atoms with Crippen molar-refractivity contribution in [3.63, 3.8) is 0 Å². The summed E-state index contributed by atoms with van der Waals surface area (Å²) >= 11 is 7.21. The van der Waals surface area contributed by atoms with Crippen LogP contribution in [0, 0.1) is 0 Å². The maximum absolute atomic E-state index is 5.93. The number of anilines is 1. The predicted octanol–water partition coefficient (Wildman–Crippen LogP) is 5.39. The first-order valence-electron chi connectivity index (χ1n) is 7.24. The van der Waals surface area contributed by atoms with Gasteiger partial charge in [0.15, 0.2) is 5.13 Å². The standard InChI is InChI=1S/C18H12ClN3OS/c19-15-10-14(7-8-21-15)23-17-16(22-18(20)24-17)13-6-5-11-3-1-2-4-12(11)9-13/h1-10H,(H2,20,22). The van der Waals surface area contributed by atoms with E-state index in [1.807, 2.05) is 18.2 Å².